The van der Waals surface area contributed by atoms with E-state index in [9.17, 15) is 12.3 Å². The minimum Gasteiger partial charge on any atom is -0.358 e. The van der Waals surface area contributed by atoms with Crippen molar-refractivity contribution in [1.29, 1.82) is 0 Å². The maximum absolute atomic E-state index is 12.7. The Morgan fingerprint density at radius 2 is 1.92 bits per heavy atom. The highest BCUT2D eigenvalue weighted by Gasteiger charge is 2.34. The molecule has 0 fully saturated rings. The van der Waals surface area contributed by atoms with Crippen LogP contribution >= 0.6 is 0 Å². The second-order valence-corrected chi connectivity index (χ2v) is 4.64. The summed E-state index contributed by atoms with van der Waals surface area (Å²) in [6.07, 6.45) is 2.33. The zero-order chi connectivity index (χ0) is 10.2. The van der Waals surface area contributed by atoms with Gasteiger partial charge in [0.15, 0.2) is 0 Å². The molecule has 13 heavy (non-hydrogen) atoms. The molecule has 0 bridgehead atoms. The lowest BCUT2D eigenvalue weighted by Crippen LogP contribution is -2.42. The van der Waals surface area contributed by atoms with Crippen LogP contribution in [0.25, 0.3) is 0 Å². The fourth-order valence-electron chi connectivity index (χ4n) is 1.49. The highest BCUT2D eigenvalue weighted by Crippen LogP contribution is 2.24. The highest BCUT2D eigenvalue weighted by atomic mass is 32.3. The molecule has 4 nitrogen and oxygen atoms in total. The average molecular weight is 208 g/mol. The fraction of sp³-hybridized carbons (Fsp3) is 0.714. The molecule has 0 aliphatic carbocycles. The molecular weight excluding hydrogens is 195 g/mol. The quantitative estimate of drug-likeness (QED) is 0.633. The summed E-state index contributed by atoms with van der Waals surface area (Å²) < 4.78 is 34.8. The first-order valence-corrected chi connectivity index (χ1v) is 5.31. The van der Waals surface area contributed by atoms with Crippen LogP contribution in [0.4, 0.5) is 3.89 Å². The molecule has 76 valence electrons. The van der Waals surface area contributed by atoms with Crippen LogP contribution in [-0.2, 0) is 10.4 Å². The van der Waals surface area contributed by atoms with Crippen molar-refractivity contribution in [3.8, 4) is 0 Å². The number of rotatable bonds is 2. The van der Waals surface area contributed by atoms with E-state index in [0.717, 1.165) is 4.31 Å². The number of hydrogen-bond acceptors (Lipinski definition) is 3. The van der Waals surface area contributed by atoms with Crippen LogP contribution in [0.1, 0.15) is 13.8 Å². The van der Waals surface area contributed by atoms with Gasteiger partial charge in [0.2, 0.25) is 0 Å². The molecule has 0 aromatic heterocycles. The van der Waals surface area contributed by atoms with Crippen molar-refractivity contribution in [2.45, 2.75) is 20.0 Å². The van der Waals surface area contributed by atoms with Crippen molar-refractivity contribution < 1.29 is 12.3 Å². The van der Waals surface area contributed by atoms with Gasteiger partial charge in [-0.1, -0.05) is 17.7 Å². The molecule has 1 aliphatic rings. The summed E-state index contributed by atoms with van der Waals surface area (Å²) in [5.74, 6) is 0.0329. The Balaban J connectivity index is 2.95. The molecule has 0 radical (unpaired) electrons. The monoisotopic (exact) mass is 208 g/mol. The molecule has 0 aromatic carbocycles. The molecule has 1 unspecified atom stereocenters. The molecule has 6 heteroatoms. The van der Waals surface area contributed by atoms with Crippen LogP contribution in [0, 0.1) is 5.92 Å². The third kappa shape index (κ3) is 1.93. The van der Waals surface area contributed by atoms with Gasteiger partial charge in [-0.15, -0.1) is 0 Å². The van der Waals surface area contributed by atoms with E-state index >= 15 is 0 Å². The molecule has 1 aliphatic heterocycles. The van der Waals surface area contributed by atoms with Gasteiger partial charge < -0.3 is 4.90 Å². The van der Waals surface area contributed by atoms with E-state index in [0.29, 0.717) is 0 Å². The summed E-state index contributed by atoms with van der Waals surface area (Å²) >= 11 is 0. The Bertz CT molecular complexity index is 312. The van der Waals surface area contributed by atoms with E-state index in [1.165, 1.54) is 6.20 Å². The zero-order valence-electron chi connectivity index (χ0n) is 7.81. The predicted molar refractivity (Wildman–Crippen MR) is 47.4 cm³/mol. The first kappa shape index (κ1) is 10.3. The van der Waals surface area contributed by atoms with Crippen molar-refractivity contribution in [2.24, 2.45) is 5.92 Å². The Kier molecular flexibility index (Phi) is 2.51. The summed E-state index contributed by atoms with van der Waals surface area (Å²) in [5.41, 5.74) is 0. The molecule has 0 amide bonds. The maximum atomic E-state index is 12.7. The lowest BCUT2D eigenvalue weighted by molar-refractivity contribution is 0.184. The van der Waals surface area contributed by atoms with Gasteiger partial charge in [0.1, 0.15) is 6.17 Å². The standard InChI is InChI=1S/C7H13FN2O2S/c1-6(2)7-9(3)4-5-10(7)13(8,11)12/h4-7H,1-3H3. The second-order valence-electron chi connectivity index (χ2n) is 3.39. The zero-order valence-corrected chi connectivity index (χ0v) is 8.62. The molecular formula is C7H13FN2O2S. The smallest absolute Gasteiger partial charge is 0.358 e. The lowest BCUT2D eigenvalue weighted by atomic mass is 10.1. The highest BCUT2D eigenvalue weighted by molar-refractivity contribution is 7.84. The molecule has 0 N–H and O–H groups in total. The van der Waals surface area contributed by atoms with E-state index in [-0.39, 0.29) is 5.92 Å². The summed E-state index contributed by atoms with van der Waals surface area (Å²) in [6.45, 7) is 3.68. The van der Waals surface area contributed by atoms with Gasteiger partial charge in [0.05, 0.1) is 0 Å². The van der Waals surface area contributed by atoms with Gasteiger partial charge in [0, 0.05) is 19.4 Å². The molecule has 0 spiro atoms. The maximum Gasteiger partial charge on any atom is 0.400 e. The van der Waals surface area contributed by atoms with Gasteiger partial charge >= 0.3 is 10.4 Å². The SMILES string of the molecule is CC(C)C1N(C)C=CN1S(=O)(=O)F. The van der Waals surface area contributed by atoms with Crippen molar-refractivity contribution >= 4 is 10.4 Å². The topological polar surface area (TPSA) is 40.6 Å². The van der Waals surface area contributed by atoms with Gasteiger partial charge in [0.25, 0.3) is 0 Å². The normalized spacial score (nSPS) is 23.3. The van der Waals surface area contributed by atoms with Gasteiger partial charge in [-0.25, -0.2) is 4.31 Å². The molecule has 0 saturated carbocycles. The van der Waals surface area contributed by atoms with Crippen LogP contribution < -0.4 is 0 Å². The van der Waals surface area contributed by atoms with Crippen LogP contribution in [-0.4, -0.2) is 30.8 Å². The van der Waals surface area contributed by atoms with Gasteiger partial charge in [-0.05, 0) is 5.92 Å². The average Bonchev–Trinajstić information content (AvgIpc) is 2.28. The van der Waals surface area contributed by atoms with Crippen molar-refractivity contribution in [3.05, 3.63) is 12.4 Å². The van der Waals surface area contributed by atoms with Crippen molar-refractivity contribution in [2.75, 3.05) is 7.05 Å². The summed E-state index contributed by atoms with van der Waals surface area (Å²) in [7, 11) is -2.91. The third-order valence-electron chi connectivity index (χ3n) is 1.97. The fourth-order valence-corrected chi connectivity index (χ4v) is 2.34. The molecule has 0 aromatic rings. The summed E-state index contributed by atoms with van der Waals surface area (Å²) in [4.78, 5) is 1.67. The Hall–Kier alpha value is -0.780. The number of halogens is 1. The largest absolute Gasteiger partial charge is 0.400 e. The van der Waals surface area contributed by atoms with Gasteiger partial charge in [-0.2, -0.15) is 8.42 Å². The van der Waals surface area contributed by atoms with Crippen LogP contribution in [0.3, 0.4) is 0 Å². The van der Waals surface area contributed by atoms with E-state index < -0.39 is 16.6 Å². The number of nitrogens with zero attached hydrogens (tertiary/aromatic N) is 2. The minimum absolute atomic E-state index is 0.0329. The third-order valence-corrected chi connectivity index (χ3v) is 2.82. The van der Waals surface area contributed by atoms with Crippen LogP contribution in [0.5, 0.6) is 0 Å². The molecule has 1 rings (SSSR count). The number of hydrogen-bond donors (Lipinski definition) is 0. The van der Waals surface area contributed by atoms with Crippen molar-refractivity contribution in [3.63, 3.8) is 0 Å². The van der Waals surface area contributed by atoms with Gasteiger partial charge in [-0.3, -0.25) is 0 Å². The van der Waals surface area contributed by atoms with E-state index in [1.807, 2.05) is 13.8 Å². The minimum atomic E-state index is -4.62. The Morgan fingerprint density at radius 3 is 2.23 bits per heavy atom. The molecule has 0 saturated heterocycles. The second kappa shape index (κ2) is 3.17. The Morgan fingerprint density at radius 1 is 1.38 bits per heavy atom. The van der Waals surface area contributed by atoms with Crippen LogP contribution in [0.15, 0.2) is 12.4 Å². The molecule has 1 heterocycles. The Labute approximate surface area is 78.0 Å². The lowest BCUT2D eigenvalue weighted by Gasteiger charge is -2.30. The first-order valence-electron chi connectivity index (χ1n) is 3.97. The van der Waals surface area contributed by atoms with E-state index in [4.69, 9.17) is 0 Å². The predicted octanol–water partition coefficient (Wildman–Crippen LogP) is 0.901. The van der Waals surface area contributed by atoms with Crippen molar-refractivity contribution in [1.82, 2.24) is 9.21 Å². The van der Waals surface area contributed by atoms with E-state index in [1.54, 1.807) is 18.1 Å². The van der Waals surface area contributed by atoms with Crippen LogP contribution in [0.2, 0.25) is 0 Å². The van der Waals surface area contributed by atoms with E-state index in [2.05, 4.69) is 0 Å². The summed E-state index contributed by atoms with van der Waals surface area (Å²) in [6, 6.07) is 0. The summed E-state index contributed by atoms with van der Waals surface area (Å²) in [5, 5.41) is 0. The first-order chi connectivity index (χ1) is 5.84. The molecule has 1 atom stereocenters.